The van der Waals surface area contributed by atoms with Gasteiger partial charge in [-0.15, -0.1) is 0 Å². The molecular weight excluding hydrogens is 608 g/mol. The van der Waals surface area contributed by atoms with E-state index >= 15 is 0 Å². The number of carbonyl (C=O) groups excluding carboxylic acids is 1. The van der Waals surface area contributed by atoms with Crippen LogP contribution in [0.2, 0.25) is 0 Å². The Hall–Kier alpha value is -5.03. The molecule has 3 aliphatic rings. The number of hydrogen-bond donors (Lipinski definition) is 4. The van der Waals surface area contributed by atoms with E-state index in [1.54, 1.807) is 41.8 Å². The molecule has 0 radical (unpaired) electrons. The third-order valence-corrected chi connectivity index (χ3v) is 9.61. The summed E-state index contributed by atoms with van der Waals surface area (Å²) >= 11 is 0. The fourth-order valence-corrected chi connectivity index (χ4v) is 6.79. The summed E-state index contributed by atoms with van der Waals surface area (Å²) in [6.45, 7) is 2.41. The summed E-state index contributed by atoms with van der Waals surface area (Å²) < 4.78 is 6.71. The van der Waals surface area contributed by atoms with E-state index in [0.29, 0.717) is 58.8 Å². The van der Waals surface area contributed by atoms with E-state index < -0.39 is 11.6 Å². The molecule has 10 nitrogen and oxygen atoms in total. The number of cyclic esters (lactones) is 1. The van der Waals surface area contributed by atoms with Gasteiger partial charge < -0.3 is 35.3 Å². The number of rotatable bonds is 5. The number of fused-ring (bicyclic) bond motifs is 5. The molecule has 0 amide bonds. The highest BCUT2D eigenvalue weighted by atomic mass is 16.6. The van der Waals surface area contributed by atoms with Crippen LogP contribution in [0.15, 0.2) is 77.6 Å². The number of aromatic nitrogens is 2. The third kappa shape index (κ3) is 5.41. The van der Waals surface area contributed by atoms with E-state index in [1.165, 1.54) is 5.56 Å². The Kier molecular flexibility index (Phi) is 7.82. The first-order valence-electron chi connectivity index (χ1n) is 16.1. The fourth-order valence-electron chi connectivity index (χ4n) is 6.79. The molecule has 2 unspecified atom stereocenters. The minimum atomic E-state index is -1.84. The lowest BCUT2D eigenvalue weighted by atomic mass is 9.86. The van der Waals surface area contributed by atoms with E-state index in [1.807, 2.05) is 37.2 Å². The predicted molar refractivity (Wildman–Crippen MR) is 182 cm³/mol. The smallest absolute Gasteiger partial charge is 0.343 e. The Morgan fingerprint density at radius 3 is 2.44 bits per heavy atom. The second-order valence-electron chi connectivity index (χ2n) is 13.1. The highest BCUT2D eigenvalue weighted by molar-refractivity contribution is 5.89. The van der Waals surface area contributed by atoms with Crippen molar-refractivity contribution >= 4 is 16.9 Å². The van der Waals surface area contributed by atoms with Gasteiger partial charge in [0, 0.05) is 40.6 Å². The summed E-state index contributed by atoms with van der Waals surface area (Å²) in [6.07, 6.45) is 1.21. The van der Waals surface area contributed by atoms with Crippen LogP contribution in [-0.2, 0) is 34.8 Å². The summed E-state index contributed by atoms with van der Waals surface area (Å²) in [4.78, 5) is 32.3. The average molecular weight is 647 g/mol. The largest absolute Gasteiger partial charge is 0.508 e. The van der Waals surface area contributed by atoms with Crippen molar-refractivity contribution in [3.05, 3.63) is 111 Å². The second-order valence-corrected chi connectivity index (χ2v) is 13.1. The van der Waals surface area contributed by atoms with Crippen LogP contribution in [0.5, 0.6) is 11.5 Å². The Morgan fingerprint density at radius 2 is 1.77 bits per heavy atom. The third-order valence-electron chi connectivity index (χ3n) is 9.61. The van der Waals surface area contributed by atoms with Gasteiger partial charge in [-0.3, -0.25) is 4.79 Å². The molecule has 1 saturated carbocycles. The molecular formula is C38H38N4O6. The number of esters is 1. The number of phenols is 2. The lowest BCUT2D eigenvalue weighted by Gasteiger charge is -2.31. The van der Waals surface area contributed by atoms with Gasteiger partial charge in [-0.05, 0) is 80.0 Å². The van der Waals surface area contributed by atoms with Crippen LogP contribution in [0.1, 0.15) is 53.5 Å². The first kappa shape index (κ1) is 31.6. The Balaban J connectivity index is 0.000000180. The summed E-state index contributed by atoms with van der Waals surface area (Å²) in [5.41, 5.74) is 11.3. The van der Waals surface area contributed by atoms with Crippen LogP contribution in [0.3, 0.4) is 0 Å². The first-order valence-corrected chi connectivity index (χ1v) is 16.1. The van der Waals surface area contributed by atoms with Gasteiger partial charge >= 0.3 is 5.97 Å². The van der Waals surface area contributed by atoms with E-state index in [-0.39, 0.29) is 24.3 Å². The zero-order valence-corrected chi connectivity index (χ0v) is 27.1. The molecule has 0 saturated heterocycles. The summed E-state index contributed by atoms with van der Waals surface area (Å²) in [6, 6.07) is 23.2. The molecule has 10 heteroatoms. The number of carbonyl (C=O) groups is 1. The van der Waals surface area contributed by atoms with Crippen molar-refractivity contribution in [3.63, 3.8) is 0 Å². The SMILES string of the molecule is CC[C@@]1(O)C(=O)OCc2c1cc1n(c2=O)Cc2cc3c(CN(C)C)c(O)ccc3nc2-1.NC1CC1c1ccc(-c2cccc(O)c2)cc1. The van der Waals surface area contributed by atoms with Gasteiger partial charge in [0.05, 0.1) is 29.0 Å². The van der Waals surface area contributed by atoms with Crippen LogP contribution in [0.25, 0.3) is 33.4 Å². The van der Waals surface area contributed by atoms with Crippen LogP contribution < -0.4 is 11.3 Å². The lowest BCUT2D eigenvalue weighted by molar-refractivity contribution is -0.172. The van der Waals surface area contributed by atoms with E-state index in [0.717, 1.165) is 34.1 Å². The quantitative estimate of drug-likeness (QED) is 0.195. The van der Waals surface area contributed by atoms with Crippen molar-refractivity contribution in [2.24, 2.45) is 5.73 Å². The van der Waals surface area contributed by atoms with Gasteiger partial charge in [-0.1, -0.05) is 43.3 Å². The first-order chi connectivity index (χ1) is 23.0. The molecule has 5 aromatic rings. The number of phenolic OH excluding ortho intramolecular Hbond substituents is 2. The molecule has 8 rings (SSSR count). The lowest BCUT2D eigenvalue weighted by Crippen LogP contribution is -2.44. The van der Waals surface area contributed by atoms with Crippen molar-refractivity contribution in [3.8, 4) is 34.0 Å². The minimum Gasteiger partial charge on any atom is -0.508 e. The van der Waals surface area contributed by atoms with Gasteiger partial charge in [-0.2, -0.15) is 0 Å². The second kappa shape index (κ2) is 11.9. The zero-order valence-electron chi connectivity index (χ0n) is 27.1. The molecule has 1 fully saturated rings. The number of nitrogens with zero attached hydrogens (tertiary/aromatic N) is 3. The summed E-state index contributed by atoms with van der Waals surface area (Å²) in [5, 5.41) is 31.6. The molecule has 0 bridgehead atoms. The van der Waals surface area contributed by atoms with Gasteiger partial charge in [0.15, 0.2) is 5.60 Å². The highest BCUT2D eigenvalue weighted by Crippen LogP contribution is 2.41. The molecule has 48 heavy (non-hydrogen) atoms. The maximum absolute atomic E-state index is 13.2. The van der Waals surface area contributed by atoms with E-state index in [9.17, 15) is 24.9 Å². The summed E-state index contributed by atoms with van der Waals surface area (Å²) in [5.74, 6) is 0.319. The maximum atomic E-state index is 13.2. The predicted octanol–water partition coefficient (Wildman–Crippen LogP) is 4.72. The Bertz CT molecular complexity index is 2140. The molecule has 3 atom stereocenters. The number of pyridine rings is 2. The van der Waals surface area contributed by atoms with Gasteiger partial charge in [0.2, 0.25) is 0 Å². The molecule has 4 heterocycles. The van der Waals surface area contributed by atoms with Crippen molar-refractivity contribution in [2.45, 2.75) is 57.0 Å². The molecule has 0 spiro atoms. The standard InChI is InChI=1S/C23H23N3O5.C15H15NO/c1-4-23(30)16-8-18-20-12(9-26(18)21(28)15(16)11-31-22(23)29)7-13-14(10-25(2)3)19(27)6-5-17(13)24-20;16-15-9-14(15)11-6-4-10(5-7-11)12-2-1-3-13(17)8-12/h5-8,27,30H,4,9-11H2,1-3H3;1-8,14-15,17H,9,16H2/t23-;/m0./s1. The molecule has 5 N–H and O–H groups in total. The zero-order chi connectivity index (χ0) is 33.9. The van der Waals surface area contributed by atoms with Gasteiger partial charge in [-0.25, -0.2) is 9.78 Å². The monoisotopic (exact) mass is 646 g/mol. The van der Waals surface area contributed by atoms with Gasteiger partial charge in [0.25, 0.3) is 5.56 Å². The Labute approximate surface area is 277 Å². The topological polar surface area (TPSA) is 151 Å². The normalized spacial score (nSPS) is 20.4. The number of hydrogen-bond acceptors (Lipinski definition) is 9. The minimum absolute atomic E-state index is 0.104. The van der Waals surface area contributed by atoms with Crippen molar-refractivity contribution in [2.75, 3.05) is 14.1 Å². The van der Waals surface area contributed by atoms with Gasteiger partial charge in [0.1, 0.15) is 18.1 Å². The molecule has 2 aliphatic heterocycles. The Morgan fingerprint density at radius 1 is 1.02 bits per heavy atom. The van der Waals surface area contributed by atoms with Crippen molar-refractivity contribution < 1.29 is 24.9 Å². The molecule has 2 aromatic heterocycles. The van der Waals surface area contributed by atoms with Crippen molar-refractivity contribution in [1.82, 2.24) is 14.5 Å². The fraction of sp³-hybridized carbons (Fsp3) is 0.289. The molecule has 3 aromatic carbocycles. The van der Waals surface area contributed by atoms with Crippen LogP contribution in [0, 0.1) is 0 Å². The summed E-state index contributed by atoms with van der Waals surface area (Å²) in [7, 11) is 3.86. The van der Waals surface area contributed by atoms with Crippen LogP contribution in [-0.4, -0.2) is 55.9 Å². The number of nitrogens with two attached hydrogens (primary N) is 1. The van der Waals surface area contributed by atoms with Crippen molar-refractivity contribution in [1.29, 1.82) is 0 Å². The number of benzene rings is 3. The average Bonchev–Trinajstić information content (AvgIpc) is 3.70. The maximum Gasteiger partial charge on any atom is 0.343 e. The number of aromatic hydroxyl groups is 2. The number of aliphatic hydroxyl groups is 1. The van der Waals surface area contributed by atoms with Crippen LogP contribution >= 0.6 is 0 Å². The van der Waals surface area contributed by atoms with E-state index in [2.05, 4.69) is 24.3 Å². The molecule has 246 valence electrons. The van der Waals surface area contributed by atoms with E-state index in [4.69, 9.17) is 15.5 Å². The highest BCUT2D eigenvalue weighted by Gasteiger charge is 2.45. The molecule has 1 aliphatic carbocycles. The number of ether oxygens (including phenoxy) is 1. The van der Waals surface area contributed by atoms with Crippen LogP contribution in [0.4, 0.5) is 0 Å².